The Kier molecular flexibility index (Phi) is 6.46. The predicted molar refractivity (Wildman–Crippen MR) is 114 cm³/mol. The number of ether oxygens (including phenoxy) is 1. The molecule has 0 aliphatic heterocycles. The smallest absolute Gasteiger partial charge is 0.279 e. The monoisotopic (exact) mass is 392 g/mol. The number of anilines is 1. The maximum atomic E-state index is 12.4. The Bertz CT molecular complexity index is 1030. The number of hydrogen-bond acceptors (Lipinski definition) is 3. The van der Waals surface area contributed by atoms with Crippen LogP contribution in [0.4, 0.5) is 5.69 Å². The van der Waals surface area contributed by atoms with Crippen molar-refractivity contribution in [1.82, 2.24) is 5.32 Å². The SMILES string of the molecule is CNC(=O)c1cccc(NC(=O)C[NH+](C)Cc2ccc3cc(OC)ccc3c2)c1. The van der Waals surface area contributed by atoms with Gasteiger partial charge in [0.05, 0.1) is 14.2 Å². The third-order valence-electron chi connectivity index (χ3n) is 4.72. The molecular weight excluding hydrogens is 366 g/mol. The Morgan fingerprint density at radius 1 is 1.00 bits per heavy atom. The van der Waals surface area contributed by atoms with E-state index in [9.17, 15) is 9.59 Å². The van der Waals surface area contributed by atoms with Crippen LogP contribution in [0, 0.1) is 0 Å². The first kappa shape index (κ1) is 20.4. The van der Waals surface area contributed by atoms with Gasteiger partial charge in [0, 0.05) is 23.9 Å². The molecule has 3 aromatic carbocycles. The lowest BCUT2D eigenvalue weighted by atomic mass is 10.1. The normalized spacial score (nSPS) is 11.7. The molecule has 3 N–H and O–H groups in total. The van der Waals surface area contributed by atoms with Crippen LogP contribution in [0.25, 0.3) is 10.8 Å². The van der Waals surface area contributed by atoms with E-state index < -0.39 is 0 Å². The molecule has 6 heteroatoms. The number of fused-ring (bicyclic) bond motifs is 1. The van der Waals surface area contributed by atoms with Gasteiger partial charge >= 0.3 is 0 Å². The summed E-state index contributed by atoms with van der Waals surface area (Å²) in [5.41, 5.74) is 2.29. The molecule has 6 nitrogen and oxygen atoms in total. The Balaban J connectivity index is 1.60. The first-order chi connectivity index (χ1) is 14.0. The molecule has 0 radical (unpaired) electrons. The van der Waals surface area contributed by atoms with E-state index in [0.29, 0.717) is 17.8 Å². The van der Waals surface area contributed by atoms with Crippen molar-refractivity contribution in [2.24, 2.45) is 0 Å². The molecule has 0 heterocycles. The first-order valence-electron chi connectivity index (χ1n) is 9.48. The summed E-state index contributed by atoms with van der Waals surface area (Å²) in [6, 6.07) is 19.2. The minimum absolute atomic E-state index is 0.0953. The third kappa shape index (κ3) is 5.33. The zero-order chi connectivity index (χ0) is 20.8. The highest BCUT2D eigenvalue weighted by Crippen LogP contribution is 2.21. The van der Waals surface area contributed by atoms with Gasteiger partial charge in [-0.3, -0.25) is 9.59 Å². The van der Waals surface area contributed by atoms with Crippen molar-refractivity contribution >= 4 is 28.3 Å². The van der Waals surface area contributed by atoms with E-state index in [-0.39, 0.29) is 11.8 Å². The number of carbonyl (C=O) groups excluding carboxylic acids is 2. The number of amides is 2. The van der Waals surface area contributed by atoms with Crippen LogP contribution in [0.2, 0.25) is 0 Å². The lowest BCUT2D eigenvalue weighted by molar-refractivity contribution is -0.885. The molecule has 0 fully saturated rings. The fourth-order valence-electron chi connectivity index (χ4n) is 3.28. The number of benzene rings is 3. The summed E-state index contributed by atoms with van der Waals surface area (Å²) in [5, 5.41) is 7.71. The molecule has 2 amide bonds. The Labute approximate surface area is 170 Å². The lowest BCUT2D eigenvalue weighted by Gasteiger charge is -2.15. The maximum absolute atomic E-state index is 12.4. The number of hydrogen-bond donors (Lipinski definition) is 3. The summed E-state index contributed by atoms with van der Waals surface area (Å²) in [6.45, 7) is 1.05. The van der Waals surface area contributed by atoms with Crippen molar-refractivity contribution in [3.05, 3.63) is 71.8 Å². The summed E-state index contributed by atoms with van der Waals surface area (Å²) < 4.78 is 5.27. The molecule has 3 aromatic rings. The van der Waals surface area contributed by atoms with Gasteiger partial charge in [-0.2, -0.15) is 0 Å². The molecule has 0 aromatic heterocycles. The van der Waals surface area contributed by atoms with Gasteiger partial charge in [-0.05, 0) is 47.2 Å². The molecule has 0 aliphatic carbocycles. The molecule has 150 valence electrons. The average molecular weight is 392 g/mol. The zero-order valence-corrected chi connectivity index (χ0v) is 16.9. The van der Waals surface area contributed by atoms with Crippen molar-refractivity contribution < 1.29 is 19.2 Å². The van der Waals surface area contributed by atoms with Crippen LogP contribution >= 0.6 is 0 Å². The molecule has 29 heavy (non-hydrogen) atoms. The van der Waals surface area contributed by atoms with E-state index in [2.05, 4.69) is 28.8 Å². The second kappa shape index (κ2) is 9.21. The molecule has 1 atom stereocenters. The zero-order valence-electron chi connectivity index (χ0n) is 16.9. The first-order valence-corrected chi connectivity index (χ1v) is 9.48. The predicted octanol–water partition coefficient (Wildman–Crippen LogP) is 1.86. The highest BCUT2D eigenvalue weighted by Gasteiger charge is 2.12. The molecular formula is C23H26N3O3+. The number of quaternary nitrogens is 1. The molecule has 0 bridgehead atoms. The van der Waals surface area contributed by atoms with Crippen LogP contribution < -0.4 is 20.3 Å². The van der Waals surface area contributed by atoms with Gasteiger partial charge in [0.1, 0.15) is 12.3 Å². The molecule has 1 unspecified atom stereocenters. The summed E-state index contributed by atoms with van der Waals surface area (Å²) in [7, 11) is 5.22. The summed E-state index contributed by atoms with van der Waals surface area (Å²) >= 11 is 0. The van der Waals surface area contributed by atoms with Crippen LogP contribution in [-0.4, -0.2) is 39.6 Å². The van der Waals surface area contributed by atoms with Gasteiger partial charge in [-0.1, -0.05) is 24.3 Å². The molecule has 3 rings (SSSR count). The van der Waals surface area contributed by atoms with Gasteiger partial charge in [0.15, 0.2) is 6.54 Å². The van der Waals surface area contributed by atoms with Gasteiger partial charge in [-0.25, -0.2) is 0 Å². The Morgan fingerprint density at radius 3 is 2.52 bits per heavy atom. The highest BCUT2D eigenvalue weighted by atomic mass is 16.5. The van der Waals surface area contributed by atoms with E-state index in [1.165, 1.54) is 0 Å². The van der Waals surface area contributed by atoms with E-state index in [0.717, 1.165) is 33.5 Å². The largest absolute Gasteiger partial charge is 0.497 e. The van der Waals surface area contributed by atoms with Crippen LogP contribution in [0.3, 0.4) is 0 Å². The third-order valence-corrected chi connectivity index (χ3v) is 4.72. The lowest BCUT2D eigenvalue weighted by Crippen LogP contribution is -3.08. The number of nitrogens with one attached hydrogen (secondary N) is 3. The minimum Gasteiger partial charge on any atom is -0.497 e. The topological polar surface area (TPSA) is 71.9 Å². The summed E-state index contributed by atoms with van der Waals surface area (Å²) in [6.07, 6.45) is 0. The Hall–Kier alpha value is -3.38. The quantitative estimate of drug-likeness (QED) is 0.575. The van der Waals surface area contributed by atoms with Crippen molar-refractivity contribution in [2.45, 2.75) is 6.54 Å². The molecule has 0 saturated heterocycles. The van der Waals surface area contributed by atoms with E-state index >= 15 is 0 Å². The number of methoxy groups -OCH3 is 1. The van der Waals surface area contributed by atoms with E-state index in [4.69, 9.17) is 4.74 Å². The van der Waals surface area contributed by atoms with Gasteiger partial charge in [0.2, 0.25) is 0 Å². The Morgan fingerprint density at radius 2 is 1.76 bits per heavy atom. The number of rotatable bonds is 7. The molecule has 0 spiro atoms. The standard InChI is InChI=1S/C23H25N3O3/c1-24-23(28)19-5-4-6-20(12-19)25-22(27)15-26(2)14-16-7-8-18-13-21(29-3)10-9-17(18)11-16/h4-13H,14-15H2,1-3H3,(H,24,28)(H,25,27)/p+1. The van der Waals surface area contributed by atoms with Gasteiger partial charge in [0.25, 0.3) is 11.8 Å². The van der Waals surface area contributed by atoms with Gasteiger partial charge in [-0.15, -0.1) is 0 Å². The van der Waals surface area contributed by atoms with Crippen molar-refractivity contribution in [2.75, 3.05) is 33.1 Å². The maximum Gasteiger partial charge on any atom is 0.279 e. The second-order valence-corrected chi connectivity index (χ2v) is 7.07. The van der Waals surface area contributed by atoms with Crippen molar-refractivity contribution in [3.8, 4) is 5.75 Å². The average Bonchev–Trinajstić information content (AvgIpc) is 2.72. The van der Waals surface area contributed by atoms with Crippen LogP contribution in [-0.2, 0) is 11.3 Å². The summed E-state index contributed by atoms with van der Waals surface area (Å²) in [5.74, 6) is 0.560. The molecule has 0 aliphatic rings. The highest BCUT2D eigenvalue weighted by molar-refractivity contribution is 5.97. The number of carbonyl (C=O) groups is 2. The van der Waals surface area contributed by atoms with E-state index in [1.54, 1.807) is 38.4 Å². The van der Waals surface area contributed by atoms with Gasteiger partial charge < -0.3 is 20.3 Å². The minimum atomic E-state index is -0.183. The fraction of sp³-hybridized carbons (Fsp3) is 0.217. The van der Waals surface area contributed by atoms with E-state index in [1.807, 2.05) is 25.2 Å². The van der Waals surface area contributed by atoms with Crippen molar-refractivity contribution in [3.63, 3.8) is 0 Å². The van der Waals surface area contributed by atoms with Crippen LogP contribution in [0.1, 0.15) is 15.9 Å². The second-order valence-electron chi connectivity index (χ2n) is 7.07. The van der Waals surface area contributed by atoms with Crippen molar-refractivity contribution in [1.29, 1.82) is 0 Å². The number of likely N-dealkylation sites (N-methyl/N-ethyl adjacent to an activating group) is 1. The molecule has 0 saturated carbocycles. The summed E-state index contributed by atoms with van der Waals surface area (Å²) in [4.78, 5) is 25.2. The van der Waals surface area contributed by atoms with Crippen LogP contribution in [0.15, 0.2) is 60.7 Å². The van der Waals surface area contributed by atoms with Crippen LogP contribution in [0.5, 0.6) is 5.75 Å². The fourth-order valence-corrected chi connectivity index (χ4v) is 3.28.